The van der Waals surface area contributed by atoms with Gasteiger partial charge < -0.3 is 19.8 Å². The number of carbonyl (C=O) groups is 1. The van der Waals surface area contributed by atoms with E-state index in [1.165, 1.54) is 12.1 Å². The maximum atomic E-state index is 13.9. The standard InChI is InChI=1S/C18H21FN4O3/c19-14-10-12(24)3-4-13(14)16-21-17(26-22-16)11-5-8-23(9-6-11)18(25)15-2-1-7-20-15/h3-4,10-11,15,20,24H,1-2,5-9H2/t15-/m0/s1. The number of hydrogen-bond donors (Lipinski definition) is 2. The number of carbonyl (C=O) groups excluding carboxylic acids is 1. The zero-order valence-electron chi connectivity index (χ0n) is 14.3. The quantitative estimate of drug-likeness (QED) is 0.870. The minimum absolute atomic E-state index is 0.0426. The predicted molar refractivity (Wildman–Crippen MR) is 90.9 cm³/mol. The molecule has 0 saturated carbocycles. The second-order valence-corrected chi connectivity index (χ2v) is 6.87. The Morgan fingerprint density at radius 2 is 2.12 bits per heavy atom. The van der Waals surface area contributed by atoms with Crippen LogP contribution in [0.15, 0.2) is 22.7 Å². The Morgan fingerprint density at radius 1 is 1.31 bits per heavy atom. The van der Waals surface area contributed by atoms with Crippen molar-refractivity contribution in [2.45, 2.75) is 37.6 Å². The molecule has 2 fully saturated rings. The summed E-state index contributed by atoms with van der Waals surface area (Å²) in [4.78, 5) is 18.7. The molecule has 0 bridgehead atoms. The fourth-order valence-electron chi connectivity index (χ4n) is 3.66. The molecule has 2 N–H and O–H groups in total. The Balaban J connectivity index is 1.40. The third-order valence-electron chi connectivity index (χ3n) is 5.15. The number of hydrogen-bond acceptors (Lipinski definition) is 6. The molecular weight excluding hydrogens is 339 g/mol. The average Bonchev–Trinajstić information content (AvgIpc) is 3.33. The van der Waals surface area contributed by atoms with Crippen molar-refractivity contribution >= 4 is 5.91 Å². The summed E-state index contributed by atoms with van der Waals surface area (Å²) in [6.07, 6.45) is 3.45. The number of nitrogens with zero attached hydrogens (tertiary/aromatic N) is 3. The van der Waals surface area contributed by atoms with Gasteiger partial charge in [-0.15, -0.1) is 0 Å². The van der Waals surface area contributed by atoms with Crippen LogP contribution in [0.1, 0.15) is 37.5 Å². The number of phenolic OH excluding ortho intramolecular Hbond substituents is 1. The zero-order chi connectivity index (χ0) is 18.1. The topological polar surface area (TPSA) is 91.5 Å². The number of aromatic hydroxyl groups is 1. The van der Waals surface area contributed by atoms with E-state index in [1.807, 2.05) is 4.90 Å². The Morgan fingerprint density at radius 3 is 2.81 bits per heavy atom. The van der Waals surface area contributed by atoms with Crippen molar-refractivity contribution in [1.29, 1.82) is 0 Å². The van der Waals surface area contributed by atoms with Crippen molar-refractivity contribution in [3.8, 4) is 17.1 Å². The zero-order valence-corrected chi connectivity index (χ0v) is 14.3. The largest absolute Gasteiger partial charge is 0.508 e. The van der Waals surface area contributed by atoms with E-state index < -0.39 is 5.82 Å². The van der Waals surface area contributed by atoms with E-state index in [0.717, 1.165) is 38.3 Å². The lowest BCUT2D eigenvalue weighted by atomic mass is 9.96. The van der Waals surface area contributed by atoms with Gasteiger partial charge in [0, 0.05) is 25.1 Å². The summed E-state index contributed by atoms with van der Waals surface area (Å²) in [6, 6.07) is 3.79. The lowest BCUT2D eigenvalue weighted by Crippen LogP contribution is -2.46. The highest BCUT2D eigenvalue weighted by Gasteiger charge is 2.32. The molecule has 2 aliphatic heterocycles. The molecule has 1 aromatic heterocycles. The summed E-state index contributed by atoms with van der Waals surface area (Å²) in [5, 5.41) is 16.4. The first kappa shape index (κ1) is 17.0. The lowest BCUT2D eigenvalue weighted by molar-refractivity contribution is -0.134. The molecule has 1 atom stereocenters. The number of benzene rings is 1. The van der Waals surface area contributed by atoms with Crippen LogP contribution in [0.4, 0.5) is 4.39 Å². The van der Waals surface area contributed by atoms with Gasteiger partial charge in [0.1, 0.15) is 11.6 Å². The number of likely N-dealkylation sites (tertiary alicyclic amines) is 1. The van der Waals surface area contributed by atoms with Crippen LogP contribution >= 0.6 is 0 Å². The van der Waals surface area contributed by atoms with Crippen molar-refractivity contribution in [2.75, 3.05) is 19.6 Å². The molecule has 2 aromatic rings. The molecule has 3 heterocycles. The Hall–Kier alpha value is -2.48. The summed E-state index contributed by atoms with van der Waals surface area (Å²) in [7, 11) is 0. The smallest absolute Gasteiger partial charge is 0.239 e. The van der Waals surface area contributed by atoms with Crippen LogP contribution in [0.25, 0.3) is 11.4 Å². The number of aromatic nitrogens is 2. The van der Waals surface area contributed by atoms with Gasteiger partial charge in [0.05, 0.1) is 11.6 Å². The number of phenols is 1. The highest BCUT2D eigenvalue weighted by Crippen LogP contribution is 2.30. The summed E-state index contributed by atoms with van der Waals surface area (Å²) in [5.41, 5.74) is 0.192. The van der Waals surface area contributed by atoms with Gasteiger partial charge in [-0.25, -0.2) is 4.39 Å². The van der Waals surface area contributed by atoms with Gasteiger partial charge in [0.15, 0.2) is 0 Å². The average molecular weight is 360 g/mol. The molecule has 0 radical (unpaired) electrons. The maximum Gasteiger partial charge on any atom is 0.239 e. The van der Waals surface area contributed by atoms with Crippen LogP contribution in [0.5, 0.6) is 5.75 Å². The minimum atomic E-state index is -0.596. The Kier molecular flexibility index (Phi) is 4.58. The molecule has 4 rings (SSSR count). The van der Waals surface area contributed by atoms with Gasteiger partial charge in [0.25, 0.3) is 0 Å². The second-order valence-electron chi connectivity index (χ2n) is 6.87. The van der Waals surface area contributed by atoms with Crippen molar-refractivity contribution in [3.63, 3.8) is 0 Å². The highest BCUT2D eigenvalue weighted by molar-refractivity contribution is 5.82. The number of rotatable bonds is 3. The normalized spacial score (nSPS) is 21.3. The molecule has 0 spiro atoms. The molecular formula is C18H21FN4O3. The van der Waals surface area contributed by atoms with Crippen LogP contribution in [0.3, 0.4) is 0 Å². The van der Waals surface area contributed by atoms with E-state index in [4.69, 9.17) is 4.52 Å². The number of halogens is 1. The van der Waals surface area contributed by atoms with Crippen molar-refractivity contribution < 1.29 is 18.8 Å². The molecule has 7 nitrogen and oxygen atoms in total. The monoisotopic (exact) mass is 360 g/mol. The van der Waals surface area contributed by atoms with Crippen LogP contribution in [0.2, 0.25) is 0 Å². The third kappa shape index (κ3) is 3.29. The molecule has 1 aromatic carbocycles. The summed E-state index contributed by atoms with van der Waals surface area (Å²) in [5.74, 6) is 0.144. The molecule has 2 saturated heterocycles. The Labute approximate surface area is 150 Å². The van der Waals surface area contributed by atoms with Crippen molar-refractivity contribution in [3.05, 3.63) is 29.9 Å². The maximum absolute atomic E-state index is 13.9. The van der Waals surface area contributed by atoms with E-state index in [-0.39, 0.29) is 35.0 Å². The van der Waals surface area contributed by atoms with Gasteiger partial charge in [-0.1, -0.05) is 5.16 Å². The van der Waals surface area contributed by atoms with Crippen LogP contribution < -0.4 is 5.32 Å². The van der Waals surface area contributed by atoms with Crippen LogP contribution in [-0.2, 0) is 4.79 Å². The van der Waals surface area contributed by atoms with E-state index in [1.54, 1.807) is 0 Å². The first-order valence-corrected chi connectivity index (χ1v) is 8.96. The number of amides is 1. The van der Waals surface area contributed by atoms with Gasteiger partial charge in [0.2, 0.25) is 17.6 Å². The predicted octanol–water partition coefficient (Wildman–Crippen LogP) is 2.04. The van der Waals surface area contributed by atoms with E-state index in [9.17, 15) is 14.3 Å². The van der Waals surface area contributed by atoms with E-state index in [2.05, 4.69) is 15.5 Å². The molecule has 2 aliphatic rings. The second kappa shape index (κ2) is 7.03. The molecule has 26 heavy (non-hydrogen) atoms. The lowest BCUT2D eigenvalue weighted by Gasteiger charge is -2.32. The molecule has 138 valence electrons. The Bertz CT molecular complexity index is 795. The van der Waals surface area contributed by atoms with Gasteiger partial charge >= 0.3 is 0 Å². The van der Waals surface area contributed by atoms with Gasteiger partial charge in [-0.05, 0) is 44.4 Å². The highest BCUT2D eigenvalue weighted by atomic mass is 19.1. The minimum Gasteiger partial charge on any atom is -0.508 e. The molecule has 1 amide bonds. The number of piperidine rings is 1. The summed E-state index contributed by atoms with van der Waals surface area (Å²) < 4.78 is 19.3. The van der Waals surface area contributed by atoms with E-state index in [0.29, 0.717) is 19.0 Å². The third-order valence-corrected chi connectivity index (χ3v) is 5.15. The summed E-state index contributed by atoms with van der Waals surface area (Å²) >= 11 is 0. The molecule has 0 aliphatic carbocycles. The van der Waals surface area contributed by atoms with Crippen molar-refractivity contribution in [1.82, 2.24) is 20.4 Å². The molecule has 0 unspecified atom stereocenters. The van der Waals surface area contributed by atoms with Crippen LogP contribution in [-0.4, -0.2) is 51.7 Å². The first-order valence-electron chi connectivity index (χ1n) is 8.96. The molecule has 8 heteroatoms. The fourth-order valence-corrected chi connectivity index (χ4v) is 3.66. The van der Waals surface area contributed by atoms with Gasteiger partial charge in [-0.2, -0.15) is 4.98 Å². The fraction of sp³-hybridized carbons (Fsp3) is 0.500. The first-order chi connectivity index (χ1) is 12.6. The summed E-state index contributed by atoms with van der Waals surface area (Å²) in [6.45, 7) is 2.23. The van der Waals surface area contributed by atoms with Crippen molar-refractivity contribution in [2.24, 2.45) is 0 Å². The number of nitrogens with one attached hydrogen (secondary N) is 1. The van der Waals surface area contributed by atoms with Crippen LogP contribution in [0, 0.1) is 5.82 Å². The van der Waals surface area contributed by atoms with E-state index >= 15 is 0 Å². The van der Waals surface area contributed by atoms with Gasteiger partial charge in [-0.3, -0.25) is 4.79 Å². The SMILES string of the molecule is O=C([C@@H]1CCCN1)N1CCC(c2nc(-c3ccc(O)cc3F)no2)CC1.